The Morgan fingerprint density at radius 2 is 1.89 bits per heavy atom. The second kappa shape index (κ2) is 4.43. The molecule has 2 unspecified atom stereocenters. The molecular formula is C14H16N2O3. The number of ether oxygens (including phenoxy) is 1. The number of benzene rings is 1. The number of carbonyl (C=O) groups excluding carboxylic acids is 2. The summed E-state index contributed by atoms with van der Waals surface area (Å²) in [7, 11) is 0. The molecule has 2 fully saturated rings. The largest absolute Gasteiger partial charge is 0.355 e. The van der Waals surface area contributed by atoms with Gasteiger partial charge in [-0.25, -0.2) is 4.90 Å². The summed E-state index contributed by atoms with van der Waals surface area (Å²) in [5.41, 5.74) is 8.05. The van der Waals surface area contributed by atoms with Crippen LogP contribution in [0.5, 0.6) is 0 Å². The van der Waals surface area contributed by atoms with E-state index in [1.54, 1.807) is 0 Å². The van der Waals surface area contributed by atoms with E-state index >= 15 is 0 Å². The predicted octanol–water partition coefficient (Wildman–Crippen LogP) is 0.875. The molecule has 2 aliphatic rings. The number of nitrogens with zero attached hydrogens (tertiary/aromatic N) is 1. The number of fused-ring (bicyclic) bond motifs is 2. The first kappa shape index (κ1) is 12.3. The van der Waals surface area contributed by atoms with E-state index in [4.69, 9.17) is 10.5 Å². The van der Waals surface area contributed by atoms with Crippen LogP contribution in [0.2, 0.25) is 0 Å². The first-order valence-corrected chi connectivity index (χ1v) is 6.44. The highest BCUT2D eigenvalue weighted by Gasteiger charge is 2.47. The van der Waals surface area contributed by atoms with Crippen molar-refractivity contribution in [2.45, 2.75) is 38.5 Å². The summed E-state index contributed by atoms with van der Waals surface area (Å²) in [5, 5.41) is 0. The molecule has 0 aromatic heterocycles. The molecule has 2 amide bonds. The first-order valence-electron chi connectivity index (χ1n) is 6.44. The van der Waals surface area contributed by atoms with Gasteiger partial charge in [0, 0.05) is 6.54 Å². The summed E-state index contributed by atoms with van der Waals surface area (Å²) in [5.74, 6) is -0.507. The Bertz CT molecular complexity index is 534. The molecule has 2 N–H and O–H groups in total. The average molecular weight is 260 g/mol. The SMILES string of the molecule is Cc1ccc(CN)cc1N1C(=O)C2CCC(O2)C1=O. The van der Waals surface area contributed by atoms with Crippen LogP contribution >= 0.6 is 0 Å². The third-order valence-electron chi connectivity index (χ3n) is 3.76. The zero-order valence-electron chi connectivity index (χ0n) is 10.8. The Kier molecular flexibility index (Phi) is 2.88. The van der Waals surface area contributed by atoms with Gasteiger partial charge < -0.3 is 10.5 Å². The topological polar surface area (TPSA) is 72.6 Å². The lowest BCUT2D eigenvalue weighted by Gasteiger charge is -2.31. The Morgan fingerprint density at radius 3 is 2.47 bits per heavy atom. The maximum atomic E-state index is 12.3. The van der Waals surface area contributed by atoms with Crippen LogP contribution in [0.1, 0.15) is 24.0 Å². The molecule has 1 aromatic rings. The van der Waals surface area contributed by atoms with Crippen molar-refractivity contribution in [1.29, 1.82) is 0 Å². The van der Waals surface area contributed by atoms with E-state index in [0.717, 1.165) is 11.1 Å². The molecular weight excluding hydrogens is 244 g/mol. The molecule has 1 aromatic carbocycles. The highest BCUT2D eigenvalue weighted by Crippen LogP contribution is 2.33. The Hall–Kier alpha value is -1.72. The van der Waals surface area contributed by atoms with Gasteiger partial charge >= 0.3 is 0 Å². The van der Waals surface area contributed by atoms with Gasteiger partial charge in [0.05, 0.1) is 5.69 Å². The minimum atomic E-state index is -0.469. The number of aryl methyl sites for hydroxylation is 1. The van der Waals surface area contributed by atoms with Crippen molar-refractivity contribution >= 4 is 17.5 Å². The fourth-order valence-corrected chi connectivity index (χ4v) is 2.66. The highest BCUT2D eigenvalue weighted by atomic mass is 16.5. The number of amides is 2. The van der Waals surface area contributed by atoms with Crippen molar-refractivity contribution < 1.29 is 14.3 Å². The van der Waals surface area contributed by atoms with Crippen molar-refractivity contribution in [3.63, 3.8) is 0 Å². The van der Waals surface area contributed by atoms with E-state index in [9.17, 15) is 9.59 Å². The van der Waals surface area contributed by atoms with E-state index in [0.29, 0.717) is 25.1 Å². The fraction of sp³-hybridized carbons (Fsp3) is 0.429. The maximum Gasteiger partial charge on any atom is 0.262 e. The highest BCUT2D eigenvalue weighted by molar-refractivity contribution is 6.20. The molecule has 0 spiro atoms. The normalized spacial score (nSPS) is 26.1. The second-order valence-corrected chi connectivity index (χ2v) is 5.03. The van der Waals surface area contributed by atoms with E-state index in [1.165, 1.54) is 4.90 Å². The molecule has 5 heteroatoms. The molecule has 0 radical (unpaired) electrons. The first-order chi connectivity index (χ1) is 9.11. The average Bonchev–Trinajstić information content (AvgIpc) is 2.86. The molecule has 5 nitrogen and oxygen atoms in total. The minimum absolute atomic E-state index is 0.254. The van der Waals surface area contributed by atoms with E-state index in [2.05, 4.69) is 0 Å². The quantitative estimate of drug-likeness (QED) is 0.801. The van der Waals surface area contributed by atoms with E-state index < -0.39 is 12.2 Å². The lowest BCUT2D eigenvalue weighted by atomic mass is 10.1. The monoisotopic (exact) mass is 260 g/mol. The Morgan fingerprint density at radius 1 is 1.26 bits per heavy atom. The van der Waals surface area contributed by atoms with Crippen LogP contribution in [0, 0.1) is 6.92 Å². The standard InChI is InChI=1S/C14H16N2O3/c1-8-2-3-9(7-15)6-10(8)16-13(17)11-4-5-12(19-11)14(16)18/h2-3,6,11-12H,4-5,7,15H2,1H3. The van der Waals surface area contributed by atoms with Crippen LogP contribution < -0.4 is 10.6 Å². The lowest BCUT2D eigenvalue weighted by molar-refractivity contribution is -0.146. The zero-order chi connectivity index (χ0) is 13.6. The van der Waals surface area contributed by atoms with Crippen LogP contribution in [0.3, 0.4) is 0 Å². The number of hydrogen-bond acceptors (Lipinski definition) is 4. The number of nitrogens with two attached hydrogens (primary N) is 1. The summed E-state index contributed by atoms with van der Waals surface area (Å²) in [6.45, 7) is 2.26. The van der Waals surface area contributed by atoms with Crippen molar-refractivity contribution in [3.05, 3.63) is 29.3 Å². The number of morpholine rings is 1. The maximum absolute atomic E-state index is 12.3. The summed E-state index contributed by atoms with van der Waals surface area (Å²) in [4.78, 5) is 25.9. The molecule has 19 heavy (non-hydrogen) atoms. The van der Waals surface area contributed by atoms with E-state index in [-0.39, 0.29) is 11.8 Å². The van der Waals surface area contributed by atoms with Crippen LogP contribution in [0.4, 0.5) is 5.69 Å². The molecule has 100 valence electrons. The van der Waals surface area contributed by atoms with Gasteiger partial charge in [-0.1, -0.05) is 12.1 Å². The molecule has 3 rings (SSSR count). The second-order valence-electron chi connectivity index (χ2n) is 5.03. The smallest absolute Gasteiger partial charge is 0.262 e. The molecule has 2 bridgehead atoms. The lowest BCUT2D eigenvalue weighted by Crippen LogP contribution is -2.52. The van der Waals surface area contributed by atoms with Crippen LogP contribution in [0.25, 0.3) is 0 Å². The summed E-state index contributed by atoms with van der Waals surface area (Å²) < 4.78 is 5.40. The Labute approximate surface area is 111 Å². The molecule has 0 aliphatic carbocycles. The number of rotatable bonds is 2. The van der Waals surface area contributed by atoms with Crippen molar-refractivity contribution in [3.8, 4) is 0 Å². The van der Waals surface area contributed by atoms with Gasteiger partial charge in [-0.05, 0) is 37.0 Å². The van der Waals surface area contributed by atoms with Crippen molar-refractivity contribution in [2.75, 3.05) is 4.90 Å². The van der Waals surface area contributed by atoms with Crippen molar-refractivity contribution in [2.24, 2.45) is 5.73 Å². The third-order valence-corrected chi connectivity index (χ3v) is 3.76. The number of imide groups is 1. The third kappa shape index (κ3) is 1.86. The van der Waals surface area contributed by atoms with Gasteiger partial charge in [-0.3, -0.25) is 9.59 Å². The van der Waals surface area contributed by atoms with E-state index in [1.807, 2.05) is 25.1 Å². The molecule has 2 aliphatic heterocycles. The minimum Gasteiger partial charge on any atom is -0.355 e. The molecule has 2 atom stereocenters. The summed E-state index contributed by atoms with van der Waals surface area (Å²) in [6.07, 6.45) is 0.315. The van der Waals surface area contributed by atoms with Crippen LogP contribution in [0.15, 0.2) is 18.2 Å². The molecule has 0 saturated carbocycles. The van der Waals surface area contributed by atoms with Gasteiger partial charge in [0.25, 0.3) is 11.8 Å². The summed E-state index contributed by atoms with van der Waals surface area (Å²) >= 11 is 0. The Balaban J connectivity index is 2.05. The molecule has 2 heterocycles. The van der Waals surface area contributed by atoms with Gasteiger partial charge in [-0.15, -0.1) is 0 Å². The van der Waals surface area contributed by atoms with Gasteiger partial charge in [-0.2, -0.15) is 0 Å². The summed E-state index contributed by atoms with van der Waals surface area (Å²) in [6, 6.07) is 5.61. The fourth-order valence-electron chi connectivity index (χ4n) is 2.66. The number of carbonyl (C=O) groups is 2. The van der Waals surface area contributed by atoms with Gasteiger partial charge in [0.1, 0.15) is 12.2 Å². The van der Waals surface area contributed by atoms with Crippen LogP contribution in [-0.4, -0.2) is 24.0 Å². The van der Waals surface area contributed by atoms with Crippen LogP contribution in [-0.2, 0) is 20.9 Å². The van der Waals surface area contributed by atoms with Crippen molar-refractivity contribution in [1.82, 2.24) is 0 Å². The van der Waals surface area contributed by atoms with Gasteiger partial charge in [0.2, 0.25) is 0 Å². The van der Waals surface area contributed by atoms with Gasteiger partial charge in [0.15, 0.2) is 0 Å². The number of hydrogen-bond donors (Lipinski definition) is 1. The molecule has 2 saturated heterocycles. The zero-order valence-corrected chi connectivity index (χ0v) is 10.8. The predicted molar refractivity (Wildman–Crippen MR) is 69.5 cm³/mol. The number of anilines is 1.